The molecule has 2 nitrogen and oxygen atoms in total. The van der Waals surface area contributed by atoms with Gasteiger partial charge in [-0.15, -0.1) is 0 Å². The number of para-hydroxylation sites is 1. The van der Waals surface area contributed by atoms with Crippen LogP contribution in [0.5, 0.6) is 11.5 Å². The van der Waals surface area contributed by atoms with Crippen LogP contribution in [0.1, 0.15) is 25.8 Å². The summed E-state index contributed by atoms with van der Waals surface area (Å²) in [7, 11) is 2.01. The maximum atomic E-state index is 5.81. The van der Waals surface area contributed by atoms with Crippen molar-refractivity contribution in [3.8, 4) is 11.5 Å². The average Bonchev–Trinajstić information content (AvgIpc) is 2.48. The third-order valence-corrected chi connectivity index (χ3v) is 3.65. The van der Waals surface area contributed by atoms with E-state index in [4.69, 9.17) is 4.74 Å². The van der Waals surface area contributed by atoms with E-state index in [2.05, 4.69) is 31.3 Å². The lowest BCUT2D eigenvalue weighted by atomic mass is 9.86. The van der Waals surface area contributed by atoms with Crippen LogP contribution in [0.4, 0.5) is 0 Å². The zero-order chi connectivity index (χ0) is 15.1. The molecule has 0 aliphatic heterocycles. The molecular formula is C19H25NO. The highest BCUT2D eigenvalue weighted by Gasteiger charge is 2.16. The van der Waals surface area contributed by atoms with E-state index in [0.717, 1.165) is 24.5 Å². The van der Waals surface area contributed by atoms with Crippen LogP contribution < -0.4 is 10.1 Å². The van der Waals surface area contributed by atoms with Crippen LogP contribution >= 0.6 is 0 Å². The molecule has 2 rings (SSSR count). The predicted octanol–water partition coefficient (Wildman–Crippen LogP) is 4.66. The molecule has 1 N–H and O–H groups in total. The molecule has 0 heterocycles. The Balaban J connectivity index is 1.90. The van der Waals surface area contributed by atoms with Crippen molar-refractivity contribution >= 4 is 0 Å². The Hall–Kier alpha value is -1.80. The van der Waals surface area contributed by atoms with Crippen LogP contribution in [0.3, 0.4) is 0 Å². The van der Waals surface area contributed by atoms with Gasteiger partial charge in [0.25, 0.3) is 0 Å². The fourth-order valence-electron chi connectivity index (χ4n) is 2.40. The van der Waals surface area contributed by atoms with Gasteiger partial charge >= 0.3 is 0 Å². The highest BCUT2D eigenvalue weighted by atomic mass is 16.5. The number of rotatable bonds is 7. The minimum absolute atomic E-state index is 0.327. The maximum Gasteiger partial charge on any atom is 0.127 e. The zero-order valence-corrected chi connectivity index (χ0v) is 13.2. The summed E-state index contributed by atoms with van der Waals surface area (Å²) in [6, 6.07) is 18.3. The molecule has 0 atom stereocenters. The Bertz CT molecular complexity index is 531. The summed E-state index contributed by atoms with van der Waals surface area (Å²) in [5.74, 6) is 1.76. The number of nitrogens with one attached hydrogen (secondary N) is 1. The highest BCUT2D eigenvalue weighted by molar-refractivity contribution is 5.33. The van der Waals surface area contributed by atoms with E-state index in [0.29, 0.717) is 5.41 Å². The number of ether oxygens (including phenoxy) is 1. The van der Waals surface area contributed by atoms with Crippen LogP contribution in [-0.2, 0) is 6.42 Å². The van der Waals surface area contributed by atoms with Crippen molar-refractivity contribution in [3.63, 3.8) is 0 Å². The molecule has 0 saturated carbocycles. The van der Waals surface area contributed by atoms with Crippen LogP contribution in [0.15, 0.2) is 54.6 Å². The first-order valence-corrected chi connectivity index (χ1v) is 7.55. The number of hydrogen-bond donors (Lipinski definition) is 1. The first-order chi connectivity index (χ1) is 10.1. The van der Waals surface area contributed by atoms with Gasteiger partial charge in [0.15, 0.2) is 0 Å². The Kier molecular flexibility index (Phi) is 5.40. The van der Waals surface area contributed by atoms with Crippen molar-refractivity contribution in [1.82, 2.24) is 5.32 Å². The number of benzene rings is 2. The lowest BCUT2D eigenvalue weighted by molar-refractivity contribution is 0.324. The van der Waals surface area contributed by atoms with Gasteiger partial charge in [-0.3, -0.25) is 0 Å². The molecule has 112 valence electrons. The highest BCUT2D eigenvalue weighted by Crippen LogP contribution is 2.24. The minimum atomic E-state index is 0.327. The predicted molar refractivity (Wildman–Crippen MR) is 89.0 cm³/mol. The molecule has 0 spiro atoms. The van der Waals surface area contributed by atoms with Gasteiger partial charge in [0.2, 0.25) is 0 Å². The number of hydrogen-bond acceptors (Lipinski definition) is 2. The third kappa shape index (κ3) is 5.24. The Morgan fingerprint density at radius 2 is 1.52 bits per heavy atom. The van der Waals surface area contributed by atoms with Crippen molar-refractivity contribution < 1.29 is 4.74 Å². The van der Waals surface area contributed by atoms with Crippen molar-refractivity contribution in [2.45, 2.75) is 26.7 Å². The topological polar surface area (TPSA) is 21.3 Å². The first kappa shape index (κ1) is 15.6. The van der Waals surface area contributed by atoms with Crippen molar-refractivity contribution in [1.29, 1.82) is 0 Å². The van der Waals surface area contributed by atoms with Gasteiger partial charge in [0.1, 0.15) is 11.5 Å². The fraction of sp³-hybridized carbons (Fsp3) is 0.368. The summed E-state index contributed by atoms with van der Waals surface area (Å²) >= 11 is 0. The van der Waals surface area contributed by atoms with E-state index < -0.39 is 0 Å². The van der Waals surface area contributed by atoms with E-state index >= 15 is 0 Å². The van der Waals surface area contributed by atoms with Crippen molar-refractivity contribution in [2.24, 2.45) is 5.41 Å². The Morgan fingerprint density at radius 1 is 0.905 bits per heavy atom. The van der Waals surface area contributed by atoms with Crippen molar-refractivity contribution in [3.05, 3.63) is 60.2 Å². The molecule has 2 aromatic rings. The summed E-state index contributed by atoms with van der Waals surface area (Å²) in [6.45, 7) is 5.65. The molecule has 0 unspecified atom stereocenters. The van der Waals surface area contributed by atoms with E-state index in [1.165, 1.54) is 12.0 Å². The summed E-state index contributed by atoms with van der Waals surface area (Å²) in [5.41, 5.74) is 1.69. The fourth-order valence-corrected chi connectivity index (χ4v) is 2.40. The smallest absolute Gasteiger partial charge is 0.127 e. The zero-order valence-electron chi connectivity index (χ0n) is 13.2. The summed E-state index contributed by atoms with van der Waals surface area (Å²) in [4.78, 5) is 0. The third-order valence-electron chi connectivity index (χ3n) is 3.65. The molecule has 0 amide bonds. The molecule has 2 aromatic carbocycles. The quantitative estimate of drug-likeness (QED) is 0.798. The summed E-state index contributed by atoms with van der Waals surface area (Å²) in [6.07, 6.45) is 2.27. The molecule has 0 saturated heterocycles. The second-order valence-corrected chi connectivity index (χ2v) is 6.25. The van der Waals surface area contributed by atoms with Gasteiger partial charge in [-0.2, -0.15) is 0 Å². The SMILES string of the molecule is CNCC(C)(C)CCc1ccc(Oc2ccccc2)cc1. The second kappa shape index (κ2) is 7.28. The summed E-state index contributed by atoms with van der Waals surface area (Å²) in [5, 5.41) is 3.26. The van der Waals surface area contributed by atoms with Gasteiger partial charge < -0.3 is 10.1 Å². The normalized spacial score (nSPS) is 11.4. The average molecular weight is 283 g/mol. The molecule has 0 fully saturated rings. The van der Waals surface area contributed by atoms with Gasteiger partial charge in [0.05, 0.1) is 0 Å². The van der Waals surface area contributed by atoms with Crippen LogP contribution in [-0.4, -0.2) is 13.6 Å². The lowest BCUT2D eigenvalue weighted by Crippen LogP contribution is -2.27. The largest absolute Gasteiger partial charge is 0.457 e. The Labute approximate surface area is 128 Å². The van der Waals surface area contributed by atoms with E-state index in [9.17, 15) is 0 Å². The second-order valence-electron chi connectivity index (χ2n) is 6.25. The van der Waals surface area contributed by atoms with Crippen molar-refractivity contribution in [2.75, 3.05) is 13.6 Å². The van der Waals surface area contributed by atoms with E-state index in [1.807, 2.05) is 49.5 Å². The van der Waals surface area contributed by atoms with Gasteiger partial charge in [-0.05, 0) is 61.7 Å². The first-order valence-electron chi connectivity index (χ1n) is 7.55. The Morgan fingerprint density at radius 3 is 2.14 bits per heavy atom. The van der Waals surface area contributed by atoms with Crippen LogP contribution in [0, 0.1) is 5.41 Å². The minimum Gasteiger partial charge on any atom is -0.457 e. The lowest BCUT2D eigenvalue weighted by Gasteiger charge is -2.24. The van der Waals surface area contributed by atoms with Gasteiger partial charge in [-0.1, -0.05) is 44.2 Å². The van der Waals surface area contributed by atoms with E-state index in [1.54, 1.807) is 0 Å². The van der Waals surface area contributed by atoms with Gasteiger partial charge in [-0.25, -0.2) is 0 Å². The number of aryl methyl sites for hydroxylation is 1. The van der Waals surface area contributed by atoms with Crippen LogP contribution in [0.2, 0.25) is 0 Å². The molecule has 0 aliphatic carbocycles. The maximum absolute atomic E-state index is 5.81. The van der Waals surface area contributed by atoms with Gasteiger partial charge in [0, 0.05) is 0 Å². The van der Waals surface area contributed by atoms with Crippen LogP contribution in [0.25, 0.3) is 0 Å². The molecule has 2 heteroatoms. The molecule has 0 radical (unpaired) electrons. The molecular weight excluding hydrogens is 258 g/mol. The molecule has 0 aliphatic rings. The standard InChI is InChI=1S/C19H25NO/c1-19(2,15-20-3)14-13-16-9-11-18(12-10-16)21-17-7-5-4-6-8-17/h4-12,20H,13-15H2,1-3H3. The molecule has 21 heavy (non-hydrogen) atoms. The summed E-state index contributed by atoms with van der Waals surface area (Å²) < 4.78 is 5.81. The van der Waals surface area contributed by atoms with E-state index in [-0.39, 0.29) is 0 Å². The molecule has 0 aromatic heterocycles. The monoisotopic (exact) mass is 283 g/mol. The molecule has 0 bridgehead atoms.